The summed E-state index contributed by atoms with van der Waals surface area (Å²) in [5.74, 6) is -0.386. The van der Waals surface area contributed by atoms with E-state index in [1.807, 2.05) is 38.1 Å². The Morgan fingerprint density at radius 1 is 1.21 bits per heavy atom. The van der Waals surface area contributed by atoms with E-state index in [-0.39, 0.29) is 17.9 Å². The van der Waals surface area contributed by atoms with Gasteiger partial charge in [-0.25, -0.2) is 9.36 Å². The van der Waals surface area contributed by atoms with Gasteiger partial charge in [0.1, 0.15) is 0 Å². The van der Waals surface area contributed by atoms with Gasteiger partial charge in [0.25, 0.3) is 5.56 Å². The molecular formula is C17H19N5O2. The molecule has 0 radical (unpaired) electrons. The van der Waals surface area contributed by atoms with Crippen molar-refractivity contribution in [3.05, 3.63) is 52.1 Å². The molecule has 0 saturated heterocycles. The fourth-order valence-corrected chi connectivity index (χ4v) is 2.63. The highest BCUT2D eigenvalue weighted by atomic mass is 16.1. The van der Waals surface area contributed by atoms with Gasteiger partial charge in [0, 0.05) is 18.4 Å². The molecule has 7 heteroatoms. The molecule has 124 valence electrons. The van der Waals surface area contributed by atoms with Crippen molar-refractivity contribution in [2.75, 3.05) is 0 Å². The van der Waals surface area contributed by atoms with Crippen LogP contribution in [0.4, 0.5) is 0 Å². The first kappa shape index (κ1) is 15.9. The zero-order valence-electron chi connectivity index (χ0n) is 13.7. The number of primary amides is 1. The largest absolute Gasteiger partial charge is 0.370 e. The Morgan fingerprint density at radius 3 is 2.58 bits per heavy atom. The summed E-state index contributed by atoms with van der Waals surface area (Å²) in [6.07, 6.45) is 2.35. The van der Waals surface area contributed by atoms with Crippen molar-refractivity contribution >= 4 is 16.8 Å². The number of fused-ring (bicyclic) bond motifs is 1. The summed E-state index contributed by atoms with van der Waals surface area (Å²) in [7, 11) is 0. The summed E-state index contributed by atoms with van der Waals surface area (Å²) in [5, 5.41) is 9.38. The number of carbonyl (C=O) groups is 1. The van der Waals surface area contributed by atoms with Crippen LogP contribution in [-0.2, 0) is 11.3 Å². The van der Waals surface area contributed by atoms with Gasteiger partial charge in [-0.2, -0.15) is 10.2 Å². The molecule has 0 unspecified atom stereocenters. The molecular weight excluding hydrogens is 306 g/mol. The second-order valence-electron chi connectivity index (χ2n) is 5.84. The van der Waals surface area contributed by atoms with E-state index in [2.05, 4.69) is 10.2 Å². The van der Waals surface area contributed by atoms with Crippen LogP contribution in [0.5, 0.6) is 0 Å². The molecule has 2 heterocycles. The molecule has 0 aliphatic heterocycles. The Hall–Kier alpha value is -2.96. The van der Waals surface area contributed by atoms with E-state index >= 15 is 0 Å². The number of carbonyl (C=O) groups excluding carboxylic acids is 1. The molecule has 24 heavy (non-hydrogen) atoms. The van der Waals surface area contributed by atoms with Crippen LogP contribution in [0.1, 0.15) is 24.1 Å². The zero-order valence-corrected chi connectivity index (χ0v) is 13.7. The molecule has 0 aliphatic rings. The lowest BCUT2D eigenvalue weighted by molar-refractivity contribution is -0.118. The average molecular weight is 325 g/mol. The van der Waals surface area contributed by atoms with Gasteiger partial charge in [0.2, 0.25) is 5.91 Å². The molecule has 7 nitrogen and oxygen atoms in total. The Balaban J connectivity index is 2.01. The van der Waals surface area contributed by atoms with E-state index in [0.717, 1.165) is 22.3 Å². The first-order chi connectivity index (χ1) is 11.5. The van der Waals surface area contributed by atoms with Crippen molar-refractivity contribution < 1.29 is 4.79 Å². The number of hydrogen-bond acceptors (Lipinski definition) is 4. The molecule has 0 aliphatic carbocycles. The number of aryl methyl sites for hydroxylation is 3. The average Bonchev–Trinajstić information content (AvgIpc) is 2.88. The van der Waals surface area contributed by atoms with Crippen LogP contribution >= 0.6 is 0 Å². The maximum absolute atomic E-state index is 12.6. The number of rotatable bonds is 5. The molecule has 0 saturated carbocycles. The smallest absolute Gasteiger partial charge is 0.295 e. The highest BCUT2D eigenvalue weighted by molar-refractivity contribution is 5.80. The van der Waals surface area contributed by atoms with Crippen molar-refractivity contribution in [2.24, 2.45) is 5.73 Å². The highest BCUT2D eigenvalue weighted by Crippen LogP contribution is 2.18. The van der Waals surface area contributed by atoms with Crippen LogP contribution in [0, 0.1) is 13.8 Å². The van der Waals surface area contributed by atoms with Crippen molar-refractivity contribution in [1.29, 1.82) is 0 Å². The van der Waals surface area contributed by atoms with Gasteiger partial charge in [-0.3, -0.25) is 9.59 Å². The number of benzene rings is 1. The molecule has 2 N–H and O–H groups in total. The Kier molecular flexibility index (Phi) is 4.16. The van der Waals surface area contributed by atoms with Crippen LogP contribution in [0.15, 0.2) is 35.3 Å². The number of hydrogen-bond donors (Lipinski definition) is 1. The summed E-state index contributed by atoms with van der Waals surface area (Å²) in [4.78, 5) is 23.4. The third-order valence-electron chi connectivity index (χ3n) is 4.00. The van der Waals surface area contributed by atoms with Crippen LogP contribution in [0.2, 0.25) is 0 Å². The lowest BCUT2D eigenvalue weighted by Crippen LogP contribution is -2.24. The van der Waals surface area contributed by atoms with E-state index < -0.39 is 0 Å². The first-order valence-electron chi connectivity index (χ1n) is 7.78. The molecule has 0 fully saturated rings. The quantitative estimate of drug-likeness (QED) is 0.768. The van der Waals surface area contributed by atoms with Gasteiger partial charge < -0.3 is 5.73 Å². The number of nitrogens with zero attached hydrogens (tertiary/aromatic N) is 4. The van der Waals surface area contributed by atoms with E-state index in [0.29, 0.717) is 18.5 Å². The summed E-state index contributed by atoms with van der Waals surface area (Å²) in [6.45, 7) is 4.27. The van der Waals surface area contributed by atoms with Crippen molar-refractivity contribution in [3.63, 3.8) is 0 Å². The number of aromatic nitrogens is 4. The van der Waals surface area contributed by atoms with Gasteiger partial charge in [-0.05, 0) is 32.4 Å². The molecule has 3 aromatic rings. The minimum atomic E-state index is -0.386. The SMILES string of the molecule is Cc1ccc(-n2nc3c(=O)n(CCCC(N)=O)ncc3c2C)cc1. The Labute approximate surface area is 138 Å². The van der Waals surface area contributed by atoms with Crippen LogP contribution in [0.3, 0.4) is 0 Å². The van der Waals surface area contributed by atoms with Gasteiger partial charge in [-0.1, -0.05) is 17.7 Å². The minimum Gasteiger partial charge on any atom is -0.370 e. The Bertz CT molecular complexity index is 954. The van der Waals surface area contributed by atoms with Gasteiger partial charge in [0.05, 0.1) is 17.6 Å². The molecule has 0 spiro atoms. The lowest BCUT2D eigenvalue weighted by atomic mass is 10.2. The molecule has 0 bridgehead atoms. The Morgan fingerprint density at radius 2 is 1.92 bits per heavy atom. The monoisotopic (exact) mass is 325 g/mol. The minimum absolute atomic E-state index is 0.225. The topological polar surface area (TPSA) is 95.8 Å². The predicted molar refractivity (Wildman–Crippen MR) is 91.0 cm³/mol. The van der Waals surface area contributed by atoms with Crippen LogP contribution < -0.4 is 11.3 Å². The van der Waals surface area contributed by atoms with Gasteiger partial charge in [-0.15, -0.1) is 0 Å². The van der Waals surface area contributed by atoms with Crippen LogP contribution in [-0.4, -0.2) is 25.5 Å². The van der Waals surface area contributed by atoms with Crippen LogP contribution in [0.25, 0.3) is 16.6 Å². The third-order valence-corrected chi connectivity index (χ3v) is 4.00. The summed E-state index contributed by atoms with van der Waals surface area (Å²) < 4.78 is 3.08. The number of nitrogens with two attached hydrogens (primary N) is 1. The lowest BCUT2D eigenvalue weighted by Gasteiger charge is -2.04. The third kappa shape index (κ3) is 2.92. The maximum atomic E-state index is 12.6. The van der Waals surface area contributed by atoms with Crippen molar-refractivity contribution in [2.45, 2.75) is 33.2 Å². The maximum Gasteiger partial charge on any atom is 0.295 e. The van der Waals surface area contributed by atoms with Gasteiger partial charge >= 0.3 is 0 Å². The normalized spacial score (nSPS) is 11.1. The second-order valence-corrected chi connectivity index (χ2v) is 5.84. The molecule has 2 aromatic heterocycles. The fourth-order valence-electron chi connectivity index (χ4n) is 2.63. The summed E-state index contributed by atoms with van der Waals surface area (Å²) in [6, 6.07) is 7.93. The molecule has 3 rings (SSSR count). The predicted octanol–water partition coefficient (Wildman–Crippen LogP) is 1.46. The van der Waals surface area contributed by atoms with E-state index in [4.69, 9.17) is 5.73 Å². The zero-order chi connectivity index (χ0) is 17.3. The standard InChI is InChI=1S/C17H19N5O2/c1-11-5-7-13(8-6-11)22-12(2)14-10-19-21(9-3-4-15(18)23)17(24)16(14)20-22/h5-8,10H,3-4,9H2,1-2H3,(H2,18,23). The van der Waals surface area contributed by atoms with Crippen molar-refractivity contribution in [3.8, 4) is 5.69 Å². The molecule has 1 amide bonds. The van der Waals surface area contributed by atoms with E-state index in [1.165, 1.54) is 4.68 Å². The highest BCUT2D eigenvalue weighted by Gasteiger charge is 2.14. The van der Waals surface area contributed by atoms with Gasteiger partial charge in [0.15, 0.2) is 5.52 Å². The second kappa shape index (κ2) is 6.27. The summed E-state index contributed by atoms with van der Waals surface area (Å²) >= 11 is 0. The van der Waals surface area contributed by atoms with E-state index in [9.17, 15) is 9.59 Å². The fraction of sp³-hybridized carbons (Fsp3) is 0.294. The number of amides is 1. The first-order valence-corrected chi connectivity index (χ1v) is 7.78. The summed E-state index contributed by atoms with van der Waals surface area (Å²) in [5.41, 5.74) is 8.16. The molecule has 0 atom stereocenters. The van der Waals surface area contributed by atoms with E-state index in [1.54, 1.807) is 10.9 Å². The van der Waals surface area contributed by atoms with Crippen molar-refractivity contribution in [1.82, 2.24) is 19.6 Å². The molecule has 1 aromatic carbocycles.